The van der Waals surface area contributed by atoms with Gasteiger partial charge < -0.3 is 23.8 Å². The SMILES string of the molecule is CCOP1(=O)CCN(Cc2ccccc2-c2cccc(OC(F)(F)F)c2)CC1(CCCCN(C(=O)OC(C)(C)C)C(=O)OC(C)(C)C)C(=O)O. The first-order chi connectivity index (χ1) is 23.1. The zero-order valence-corrected chi connectivity index (χ0v) is 30.6. The molecule has 2 amide bonds. The minimum absolute atomic E-state index is 0.0356. The summed E-state index contributed by atoms with van der Waals surface area (Å²) in [6.07, 6.45) is -6.45. The van der Waals surface area contributed by atoms with E-state index >= 15 is 0 Å². The van der Waals surface area contributed by atoms with Crippen LogP contribution in [0.15, 0.2) is 48.5 Å². The molecular formula is C35H48F3N2O9P. The number of carbonyl (C=O) groups is 3. The molecule has 0 aromatic heterocycles. The molecule has 0 spiro atoms. The number of aliphatic carboxylic acids is 1. The van der Waals surface area contributed by atoms with E-state index in [1.54, 1.807) is 78.8 Å². The number of ether oxygens (including phenoxy) is 3. The zero-order valence-electron chi connectivity index (χ0n) is 29.7. The Kier molecular flexibility index (Phi) is 13.2. The molecule has 2 aromatic carbocycles. The molecule has 0 radical (unpaired) electrons. The lowest BCUT2D eigenvalue weighted by atomic mass is 9.97. The van der Waals surface area contributed by atoms with Crippen molar-refractivity contribution in [1.29, 1.82) is 0 Å². The predicted octanol–water partition coefficient (Wildman–Crippen LogP) is 8.55. The van der Waals surface area contributed by atoms with Gasteiger partial charge in [0, 0.05) is 32.3 Å². The molecular weight excluding hydrogens is 680 g/mol. The highest BCUT2D eigenvalue weighted by molar-refractivity contribution is 7.62. The van der Waals surface area contributed by atoms with Gasteiger partial charge in [0.15, 0.2) is 5.16 Å². The van der Waals surface area contributed by atoms with Crippen molar-refractivity contribution in [1.82, 2.24) is 9.80 Å². The van der Waals surface area contributed by atoms with Gasteiger partial charge in [-0.25, -0.2) is 14.5 Å². The number of hydrogen-bond acceptors (Lipinski definition) is 9. The summed E-state index contributed by atoms with van der Waals surface area (Å²) in [7, 11) is -3.77. The van der Waals surface area contributed by atoms with Gasteiger partial charge in [-0.15, -0.1) is 13.2 Å². The molecule has 0 bridgehead atoms. The number of amides is 2. The van der Waals surface area contributed by atoms with E-state index in [9.17, 15) is 37.2 Å². The maximum Gasteiger partial charge on any atom is 0.573 e. The van der Waals surface area contributed by atoms with Crippen LogP contribution in [0, 0.1) is 0 Å². The Balaban J connectivity index is 1.85. The van der Waals surface area contributed by atoms with Crippen LogP contribution in [-0.4, -0.2) is 88.2 Å². The standard InChI is InChI=1S/C35H48F3N2O9P/c1-8-46-50(45)21-20-39(23-26-14-9-10-17-28(26)25-15-13-16-27(22-25)47-35(36,37)38)24-34(50,29(41)42)18-11-12-19-40(30(43)48-32(2,3)4)31(44)49-33(5,6)7/h9-10,13-17,22H,8,11-12,18-21,23-24H2,1-7H3,(H,41,42). The first-order valence-corrected chi connectivity index (χ1v) is 18.3. The maximum atomic E-state index is 14.3. The van der Waals surface area contributed by atoms with Gasteiger partial charge in [-0.1, -0.05) is 36.4 Å². The van der Waals surface area contributed by atoms with Crippen LogP contribution in [-0.2, 0) is 29.9 Å². The van der Waals surface area contributed by atoms with Crippen molar-refractivity contribution in [3.8, 4) is 16.9 Å². The molecule has 3 rings (SSSR count). The number of carbonyl (C=O) groups excluding carboxylic acids is 2. The highest BCUT2D eigenvalue weighted by Gasteiger charge is 2.58. The average molecular weight is 729 g/mol. The van der Waals surface area contributed by atoms with E-state index in [1.165, 1.54) is 18.2 Å². The summed E-state index contributed by atoms with van der Waals surface area (Å²) in [5, 5.41) is 8.88. The van der Waals surface area contributed by atoms with Crippen LogP contribution in [0.3, 0.4) is 0 Å². The average Bonchev–Trinajstić information content (AvgIpc) is 2.96. The van der Waals surface area contributed by atoms with E-state index in [4.69, 9.17) is 14.0 Å². The summed E-state index contributed by atoms with van der Waals surface area (Å²) in [6, 6.07) is 12.7. The number of carboxylic acids is 1. The van der Waals surface area contributed by atoms with Gasteiger partial charge in [-0.2, -0.15) is 0 Å². The molecule has 278 valence electrons. The summed E-state index contributed by atoms with van der Waals surface area (Å²) in [4.78, 5) is 41.7. The molecule has 1 N–H and O–H groups in total. The van der Waals surface area contributed by atoms with Crippen molar-refractivity contribution >= 4 is 25.5 Å². The Morgan fingerprint density at radius 2 is 1.56 bits per heavy atom. The molecule has 1 fully saturated rings. The first kappa shape index (κ1) is 40.8. The molecule has 50 heavy (non-hydrogen) atoms. The number of carboxylic acid groups (broad SMARTS) is 1. The molecule has 0 saturated carbocycles. The summed E-state index contributed by atoms with van der Waals surface area (Å²) in [5.41, 5.74) is 0.0407. The number of benzene rings is 2. The number of nitrogens with zero attached hydrogens (tertiary/aromatic N) is 2. The first-order valence-electron chi connectivity index (χ1n) is 16.4. The molecule has 2 aromatic rings. The third kappa shape index (κ3) is 11.2. The van der Waals surface area contributed by atoms with Gasteiger partial charge in [-0.05, 0) is 96.6 Å². The monoisotopic (exact) mass is 728 g/mol. The Labute approximate surface area is 291 Å². The van der Waals surface area contributed by atoms with Crippen molar-refractivity contribution in [3.63, 3.8) is 0 Å². The lowest BCUT2D eigenvalue weighted by Gasteiger charge is -2.45. The number of hydrogen-bond donors (Lipinski definition) is 1. The summed E-state index contributed by atoms with van der Waals surface area (Å²) >= 11 is 0. The highest BCUT2D eigenvalue weighted by atomic mass is 31.2. The van der Waals surface area contributed by atoms with Crippen LogP contribution in [0.1, 0.15) is 73.3 Å². The number of rotatable bonds is 12. The van der Waals surface area contributed by atoms with Crippen LogP contribution >= 0.6 is 7.37 Å². The summed E-state index contributed by atoms with van der Waals surface area (Å²) in [6.45, 7) is 11.8. The quantitative estimate of drug-likeness (QED) is 0.168. The molecule has 1 aliphatic heterocycles. The third-order valence-corrected chi connectivity index (χ3v) is 11.1. The van der Waals surface area contributed by atoms with Crippen LogP contribution in [0.4, 0.5) is 22.8 Å². The fraction of sp³-hybridized carbons (Fsp3) is 0.571. The molecule has 11 nitrogen and oxygen atoms in total. The van der Waals surface area contributed by atoms with Crippen molar-refractivity contribution in [2.24, 2.45) is 0 Å². The highest BCUT2D eigenvalue weighted by Crippen LogP contribution is 2.63. The smallest absolute Gasteiger partial charge is 0.480 e. The van der Waals surface area contributed by atoms with Crippen molar-refractivity contribution in [2.75, 3.05) is 32.4 Å². The van der Waals surface area contributed by atoms with Gasteiger partial charge in [0.2, 0.25) is 7.37 Å². The molecule has 2 unspecified atom stereocenters. The van der Waals surface area contributed by atoms with Crippen molar-refractivity contribution < 1.29 is 56.0 Å². The number of alkyl halides is 3. The van der Waals surface area contributed by atoms with Gasteiger partial charge in [-0.3, -0.25) is 14.3 Å². The molecule has 1 heterocycles. The Hall–Kier alpha value is -3.61. The molecule has 0 aliphatic carbocycles. The van der Waals surface area contributed by atoms with E-state index in [-0.39, 0.29) is 64.0 Å². The molecule has 1 aliphatic rings. The third-order valence-electron chi connectivity index (χ3n) is 7.82. The normalized spacial score (nSPS) is 20.2. The van der Waals surface area contributed by atoms with E-state index in [0.29, 0.717) is 11.1 Å². The van der Waals surface area contributed by atoms with E-state index in [2.05, 4.69) is 4.74 Å². The van der Waals surface area contributed by atoms with Gasteiger partial charge in [0.1, 0.15) is 17.0 Å². The number of imide groups is 1. The number of halogens is 3. The second-order valence-corrected chi connectivity index (χ2v) is 17.1. The Morgan fingerprint density at radius 3 is 2.12 bits per heavy atom. The predicted molar refractivity (Wildman–Crippen MR) is 181 cm³/mol. The molecule has 15 heteroatoms. The van der Waals surface area contributed by atoms with Crippen molar-refractivity contribution in [2.45, 2.75) is 97.0 Å². The van der Waals surface area contributed by atoms with E-state index < -0.39 is 48.2 Å². The van der Waals surface area contributed by atoms with Crippen LogP contribution in [0.25, 0.3) is 11.1 Å². The fourth-order valence-corrected chi connectivity index (χ4v) is 8.74. The number of unbranched alkanes of at least 4 members (excludes halogenated alkanes) is 1. The van der Waals surface area contributed by atoms with Gasteiger partial charge in [0.25, 0.3) is 0 Å². The Morgan fingerprint density at radius 1 is 0.940 bits per heavy atom. The van der Waals surface area contributed by atoms with Gasteiger partial charge in [0.05, 0.1) is 6.61 Å². The van der Waals surface area contributed by atoms with Crippen molar-refractivity contribution in [3.05, 3.63) is 54.1 Å². The fourth-order valence-electron chi connectivity index (χ4n) is 5.77. The second kappa shape index (κ2) is 16.2. The summed E-state index contributed by atoms with van der Waals surface area (Å²) in [5.74, 6) is -1.66. The molecule has 2 atom stereocenters. The maximum absolute atomic E-state index is 14.3. The van der Waals surface area contributed by atoms with Gasteiger partial charge >= 0.3 is 24.5 Å². The van der Waals surface area contributed by atoms with E-state index in [1.807, 2.05) is 4.90 Å². The lowest BCUT2D eigenvalue weighted by Crippen LogP contribution is -2.54. The van der Waals surface area contributed by atoms with E-state index in [0.717, 1.165) is 10.5 Å². The van der Waals surface area contributed by atoms with Crippen LogP contribution < -0.4 is 4.74 Å². The minimum atomic E-state index is -4.86. The minimum Gasteiger partial charge on any atom is -0.480 e. The Bertz CT molecular complexity index is 1530. The topological polar surface area (TPSA) is 132 Å². The van der Waals surface area contributed by atoms with Crippen LogP contribution in [0.2, 0.25) is 0 Å². The largest absolute Gasteiger partial charge is 0.573 e. The second-order valence-electron chi connectivity index (χ2n) is 14.2. The molecule has 1 saturated heterocycles. The van der Waals surface area contributed by atoms with Crippen LogP contribution in [0.5, 0.6) is 5.75 Å². The summed E-state index contributed by atoms with van der Waals surface area (Å²) < 4.78 is 73.7. The zero-order chi connectivity index (χ0) is 37.5. The lowest BCUT2D eigenvalue weighted by molar-refractivity contribution is -0.274.